The number of hydrogen-bond donors (Lipinski definition) is 1. The summed E-state index contributed by atoms with van der Waals surface area (Å²) in [5, 5.41) is 6.89. The van der Waals surface area contributed by atoms with E-state index < -0.39 is 5.82 Å². The number of aromatic nitrogens is 5. The summed E-state index contributed by atoms with van der Waals surface area (Å²) >= 11 is 8.95. The predicted molar refractivity (Wildman–Crippen MR) is 79.3 cm³/mol. The molecule has 6 nitrogen and oxygen atoms in total. The van der Waals surface area contributed by atoms with Crippen molar-refractivity contribution in [3.05, 3.63) is 52.2 Å². The lowest BCUT2D eigenvalue weighted by atomic mass is 10.3. The molecule has 2 aromatic heterocycles. The molecular weight excluding hydrogens is 363 g/mol. The van der Waals surface area contributed by atoms with Crippen LogP contribution in [0.4, 0.5) is 16.0 Å². The van der Waals surface area contributed by atoms with Gasteiger partial charge in [0.2, 0.25) is 11.2 Å². The average Bonchev–Trinajstić information content (AvgIpc) is 2.96. The van der Waals surface area contributed by atoms with E-state index in [2.05, 4.69) is 41.3 Å². The average molecular weight is 370 g/mol. The van der Waals surface area contributed by atoms with Crippen LogP contribution in [0.3, 0.4) is 0 Å². The molecule has 0 spiro atoms. The molecule has 9 heteroatoms. The van der Waals surface area contributed by atoms with Crippen molar-refractivity contribution < 1.29 is 4.39 Å². The van der Waals surface area contributed by atoms with Gasteiger partial charge in [-0.1, -0.05) is 0 Å². The van der Waals surface area contributed by atoms with E-state index >= 15 is 0 Å². The molecule has 21 heavy (non-hydrogen) atoms. The van der Waals surface area contributed by atoms with E-state index in [0.29, 0.717) is 10.2 Å². The van der Waals surface area contributed by atoms with Gasteiger partial charge in [-0.05, 0) is 51.8 Å². The quantitative estimate of drug-likeness (QED) is 0.767. The van der Waals surface area contributed by atoms with Gasteiger partial charge in [0.25, 0.3) is 5.95 Å². The Labute approximate surface area is 132 Å². The molecule has 1 aromatic carbocycles. The lowest BCUT2D eigenvalue weighted by Gasteiger charge is -2.07. The van der Waals surface area contributed by atoms with Gasteiger partial charge in [-0.25, -0.2) is 9.07 Å². The molecule has 0 radical (unpaired) electrons. The van der Waals surface area contributed by atoms with Crippen molar-refractivity contribution in [3.8, 4) is 5.95 Å². The standard InChI is InChI=1S/C12H7BrClFN6/c13-8-3-2-7(6-9(8)15)17-11-18-10(14)19-12(20-11)21-5-1-4-16-21/h1-6H,(H,17,18,19,20). The molecule has 0 fully saturated rings. The summed E-state index contributed by atoms with van der Waals surface area (Å²) < 4.78 is 15.3. The first kappa shape index (κ1) is 13.9. The second kappa shape index (κ2) is 5.74. The van der Waals surface area contributed by atoms with Crippen molar-refractivity contribution >= 4 is 39.2 Å². The smallest absolute Gasteiger partial charge is 0.256 e. The Morgan fingerprint density at radius 1 is 1.24 bits per heavy atom. The molecule has 106 valence electrons. The molecule has 0 bridgehead atoms. The third-order valence-corrected chi connectivity index (χ3v) is 3.29. The van der Waals surface area contributed by atoms with Gasteiger partial charge in [0.1, 0.15) is 5.82 Å². The molecule has 0 amide bonds. The summed E-state index contributed by atoms with van der Waals surface area (Å²) in [6, 6.07) is 6.30. The minimum Gasteiger partial charge on any atom is -0.324 e. The van der Waals surface area contributed by atoms with Crippen LogP contribution in [-0.2, 0) is 0 Å². The van der Waals surface area contributed by atoms with E-state index in [0.717, 1.165) is 0 Å². The number of halogens is 3. The number of nitrogens with one attached hydrogen (secondary N) is 1. The molecule has 0 aliphatic rings. The topological polar surface area (TPSA) is 68.5 Å². The van der Waals surface area contributed by atoms with Gasteiger partial charge in [-0.2, -0.15) is 20.1 Å². The first-order valence-electron chi connectivity index (χ1n) is 5.75. The Balaban J connectivity index is 1.93. The normalized spacial score (nSPS) is 10.6. The van der Waals surface area contributed by atoms with Crippen LogP contribution in [0.15, 0.2) is 41.1 Å². The molecule has 0 saturated carbocycles. The van der Waals surface area contributed by atoms with Gasteiger partial charge in [-0.3, -0.25) is 0 Å². The minimum absolute atomic E-state index is 0.00980. The summed E-state index contributed by atoms with van der Waals surface area (Å²) in [7, 11) is 0. The zero-order valence-electron chi connectivity index (χ0n) is 10.3. The van der Waals surface area contributed by atoms with E-state index in [9.17, 15) is 4.39 Å². The Bertz CT molecular complexity index is 779. The molecule has 3 aromatic rings. The fourth-order valence-electron chi connectivity index (χ4n) is 1.59. The number of nitrogens with zero attached hydrogens (tertiary/aromatic N) is 5. The van der Waals surface area contributed by atoms with E-state index in [1.165, 1.54) is 10.7 Å². The summed E-state index contributed by atoms with van der Waals surface area (Å²) in [5.41, 5.74) is 0.490. The predicted octanol–water partition coefficient (Wildman–Crippen LogP) is 3.36. The van der Waals surface area contributed by atoms with Crippen LogP contribution in [-0.4, -0.2) is 24.7 Å². The van der Waals surface area contributed by atoms with E-state index in [1.54, 1.807) is 30.6 Å². The van der Waals surface area contributed by atoms with Crippen molar-refractivity contribution in [2.45, 2.75) is 0 Å². The highest BCUT2D eigenvalue weighted by molar-refractivity contribution is 9.10. The second-order valence-electron chi connectivity index (χ2n) is 3.93. The summed E-state index contributed by atoms with van der Waals surface area (Å²) in [6.45, 7) is 0. The third-order valence-electron chi connectivity index (χ3n) is 2.48. The Hall–Kier alpha value is -2.06. The van der Waals surface area contributed by atoms with Gasteiger partial charge in [0.05, 0.1) is 4.47 Å². The van der Waals surface area contributed by atoms with Crippen LogP contribution in [0.5, 0.6) is 0 Å². The number of rotatable bonds is 3. The summed E-state index contributed by atoms with van der Waals surface area (Å²) in [5.74, 6) is 0.0646. The summed E-state index contributed by atoms with van der Waals surface area (Å²) in [4.78, 5) is 12.1. The third kappa shape index (κ3) is 3.17. The van der Waals surface area contributed by atoms with Gasteiger partial charge in [-0.15, -0.1) is 0 Å². The van der Waals surface area contributed by atoms with Crippen LogP contribution < -0.4 is 5.32 Å². The molecule has 2 heterocycles. The highest BCUT2D eigenvalue weighted by Crippen LogP contribution is 2.21. The van der Waals surface area contributed by atoms with Crippen molar-refractivity contribution in [2.24, 2.45) is 0 Å². The first-order chi connectivity index (χ1) is 10.1. The van der Waals surface area contributed by atoms with Crippen molar-refractivity contribution in [3.63, 3.8) is 0 Å². The number of hydrogen-bond acceptors (Lipinski definition) is 5. The maximum absolute atomic E-state index is 13.5. The maximum Gasteiger partial charge on any atom is 0.256 e. The Morgan fingerprint density at radius 3 is 2.81 bits per heavy atom. The van der Waals surface area contributed by atoms with Crippen LogP contribution in [0, 0.1) is 5.82 Å². The Kier molecular flexibility index (Phi) is 3.80. The number of anilines is 2. The van der Waals surface area contributed by atoms with E-state index in [1.807, 2.05) is 0 Å². The lowest BCUT2D eigenvalue weighted by Crippen LogP contribution is -2.07. The molecule has 0 unspecified atom stereocenters. The zero-order chi connectivity index (χ0) is 14.8. The van der Waals surface area contributed by atoms with Gasteiger partial charge >= 0.3 is 0 Å². The van der Waals surface area contributed by atoms with Crippen LogP contribution in [0.25, 0.3) is 5.95 Å². The van der Waals surface area contributed by atoms with Crippen molar-refractivity contribution in [2.75, 3.05) is 5.32 Å². The molecule has 3 rings (SSSR count). The monoisotopic (exact) mass is 368 g/mol. The lowest BCUT2D eigenvalue weighted by molar-refractivity contribution is 0.622. The van der Waals surface area contributed by atoms with Crippen LogP contribution in [0.1, 0.15) is 0 Å². The van der Waals surface area contributed by atoms with Crippen molar-refractivity contribution in [1.82, 2.24) is 24.7 Å². The van der Waals surface area contributed by atoms with E-state index in [-0.39, 0.29) is 17.2 Å². The molecule has 0 aliphatic heterocycles. The van der Waals surface area contributed by atoms with E-state index in [4.69, 9.17) is 11.6 Å². The molecule has 1 N–H and O–H groups in total. The Morgan fingerprint density at radius 2 is 2.10 bits per heavy atom. The SMILES string of the molecule is Fc1cc(Nc2nc(Cl)nc(-n3cccn3)n2)ccc1Br. The van der Waals surface area contributed by atoms with Crippen LogP contribution >= 0.6 is 27.5 Å². The van der Waals surface area contributed by atoms with Gasteiger partial charge in [0.15, 0.2) is 0 Å². The second-order valence-corrected chi connectivity index (χ2v) is 5.12. The van der Waals surface area contributed by atoms with Gasteiger partial charge in [0, 0.05) is 18.1 Å². The maximum atomic E-state index is 13.5. The molecule has 0 atom stereocenters. The number of benzene rings is 1. The first-order valence-corrected chi connectivity index (χ1v) is 6.92. The van der Waals surface area contributed by atoms with Crippen molar-refractivity contribution in [1.29, 1.82) is 0 Å². The molecule has 0 aliphatic carbocycles. The minimum atomic E-state index is -0.396. The van der Waals surface area contributed by atoms with Gasteiger partial charge < -0.3 is 5.32 Å². The summed E-state index contributed by atoms with van der Waals surface area (Å²) in [6.07, 6.45) is 3.27. The highest BCUT2D eigenvalue weighted by Gasteiger charge is 2.08. The molecular formula is C12H7BrClFN6. The highest BCUT2D eigenvalue weighted by atomic mass is 79.9. The fourth-order valence-corrected chi connectivity index (χ4v) is 1.99. The fraction of sp³-hybridized carbons (Fsp3) is 0. The molecule has 0 saturated heterocycles. The van der Waals surface area contributed by atoms with Crippen LogP contribution in [0.2, 0.25) is 5.28 Å². The zero-order valence-corrected chi connectivity index (χ0v) is 12.7. The largest absolute Gasteiger partial charge is 0.324 e.